The molecule has 0 fully saturated rings. The minimum absolute atomic E-state index is 0. The average Bonchev–Trinajstić information content (AvgIpc) is 3.12. The molecular formula is C15H23IN6O2. The fraction of sp³-hybridized carbons (Fsp3) is 0.400. The maximum absolute atomic E-state index is 11.0. The van der Waals surface area contributed by atoms with Crippen LogP contribution in [0.4, 0.5) is 0 Å². The number of carbonyl (C=O) groups is 1. The van der Waals surface area contributed by atoms with Gasteiger partial charge in [-0.25, -0.2) is 4.99 Å². The van der Waals surface area contributed by atoms with Crippen LogP contribution in [0.15, 0.2) is 33.9 Å². The zero-order valence-electron chi connectivity index (χ0n) is 14.0. The van der Waals surface area contributed by atoms with Gasteiger partial charge in [-0.15, -0.1) is 24.0 Å². The number of carbonyl (C=O) groups excluding carboxylic acids is 1. The van der Waals surface area contributed by atoms with Crippen molar-refractivity contribution in [3.63, 3.8) is 0 Å². The van der Waals surface area contributed by atoms with Crippen molar-refractivity contribution in [3.8, 4) is 0 Å². The highest BCUT2D eigenvalue weighted by atomic mass is 127. The number of aryl methyl sites for hydroxylation is 1. The topological polar surface area (TPSA) is 102 Å². The van der Waals surface area contributed by atoms with E-state index in [1.165, 1.54) is 0 Å². The third kappa shape index (κ3) is 5.55. The Hall–Kier alpha value is -2.04. The maximum atomic E-state index is 11.0. The van der Waals surface area contributed by atoms with E-state index in [9.17, 15) is 4.79 Å². The van der Waals surface area contributed by atoms with Crippen LogP contribution in [0.5, 0.6) is 0 Å². The monoisotopic (exact) mass is 446 g/mol. The first-order valence-corrected chi connectivity index (χ1v) is 7.35. The number of rotatable bonds is 6. The molecule has 132 valence electrons. The quantitative estimate of drug-likeness (QED) is 0.396. The molecule has 0 aliphatic heterocycles. The van der Waals surface area contributed by atoms with Crippen LogP contribution in [0.1, 0.15) is 28.8 Å². The van der Waals surface area contributed by atoms with E-state index in [1.54, 1.807) is 16.8 Å². The van der Waals surface area contributed by atoms with Gasteiger partial charge in [0, 0.05) is 38.9 Å². The molecule has 9 heteroatoms. The lowest BCUT2D eigenvalue weighted by Crippen LogP contribution is -2.38. The SMILES string of the molecule is CCNC(=NCc1ccc(C(N)=O)o1)N(C)Cc1cnn(C)c1.I. The van der Waals surface area contributed by atoms with Gasteiger partial charge in [0.25, 0.3) is 5.91 Å². The Morgan fingerprint density at radius 2 is 2.25 bits per heavy atom. The van der Waals surface area contributed by atoms with E-state index in [-0.39, 0.29) is 29.7 Å². The molecule has 2 aromatic heterocycles. The third-order valence-corrected chi connectivity index (χ3v) is 3.16. The van der Waals surface area contributed by atoms with Crippen molar-refractivity contribution in [1.82, 2.24) is 20.0 Å². The van der Waals surface area contributed by atoms with E-state index >= 15 is 0 Å². The molecule has 8 nitrogen and oxygen atoms in total. The Morgan fingerprint density at radius 3 is 2.79 bits per heavy atom. The number of nitrogens with one attached hydrogen (secondary N) is 1. The standard InChI is InChI=1S/C15H22N6O2.HI/c1-4-17-15(20(2)9-11-7-19-21(3)10-11)18-8-12-5-6-13(23-12)14(16)22;/h5-7,10H,4,8-9H2,1-3H3,(H2,16,22)(H,17,18);1H. The Morgan fingerprint density at radius 1 is 1.50 bits per heavy atom. The van der Waals surface area contributed by atoms with Crippen LogP contribution in [-0.2, 0) is 20.1 Å². The number of nitrogens with zero attached hydrogens (tertiary/aromatic N) is 4. The van der Waals surface area contributed by atoms with Crippen molar-refractivity contribution in [2.75, 3.05) is 13.6 Å². The summed E-state index contributed by atoms with van der Waals surface area (Å²) < 4.78 is 7.10. The fourth-order valence-corrected chi connectivity index (χ4v) is 2.12. The van der Waals surface area contributed by atoms with E-state index in [4.69, 9.17) is 10.2 Å². The van der Waals surface area contributed by atoms with Crippen molar-refractivity contribution in [2.45, 2.75) is 20.0 Å². The summed E-state index contributed by atoms with van der Waals surface area (Å²) in [6, 6.07) is 3.26. The van der Waals surface area contributed by atoms with Crippen molar-refractivity contribution in [2.24, 2.45) is 17.8 Å². The molecule has 1 amide bonds. The van der Waals surface area contributed by atoms with Crippen molar-refractivity contribution < 1.29 is 9.21 Å². The number of primary amides is 1. The highest BCUT2D eigenvalue weighted by molar-refractivity contribution is 14.0. The lowest BCUT2D eigenvalue weighted by atomic mass is 10.3. The van der Waals surface area contributed by atoms with Crippen LogP contribution in [0.2, 0.25) is 0 Å². The minimum Gasteiger partial charge on any atom is -0.454 e. The van der Waals surface area contributed by atoms with E-state index in [2.05, 4.69) is 15.4 Å². The van der Waals surface area contributed by atoms with E-state index in [1.807, 2.05) is 38.3 Å². The summed E-state index contributed by atoms with van der Waals surface area (Å²) in [5, 5.41) is 7.38. The number of halogens is 1. The number of aliphatic imine (C=N–C) groups is 1. The zero-order valence-corrected chi connectivity index (χ0v) is 16.4. The molecule has 2 rings (SSSR count). The van der Waals surface area contributed by atoms with Crippen LogP contribution in [0, 0.1) is 0 Å². The Balaban J connectivity index is 0.00000288. The first-order chi connectivity index (χ1) is 11.0. The first-order valence-electron chi connectivity index (χ1n) is 7.35. The van der Waals surface area contributed by atoms with Gasteiger partial charge in [0.2, 0.25) is 0 Å². The van der Waals surface area contributed by atoms with Crippen LogP contribution in [-0.4, -0.2) is 40.1 Å². The molecule has 0 aliphatic rings. The van der Waals surface area contributed by atoms with Crippen LogP contribution < -0.4 is 11.1 Å². The van der Waals surface area contributed by atoms with E-state index in [0.717, 1.165) is 18.1 Å². The highest BCUT2D eigenvalue weighted by Crippen LogP contribution is 2.09. The lowest BCUT2D eigenvalue weighted by Gasteiger charge is -2.21. The number of hydrogen-bond acceptors (Lipinski definition) is 4. The van der Waals surface area contributed by atoms with Crippen LogP contribution >= 0.6 is 24.0 Å². The number of amides is 1. The molecule has 24 heavy (non-hydrogen) atoms. The molecule has 0 saturated heterocycles. The molecular weight excluding hydrogens is 423 g/mol. The minimum atomic E-state index is -0.583. The molecule has 0 aromatic carbocycles. The van der Waals surface area contributed by atoms with Crippen molar-refractivity contribution in [3.05, 3.63) is 41.6 Å². The predicted octanol–water partition coefficient (Wildman–Crippen LogP) is 1.33. The van der Waals surface area contributed by atoms with Crippen molar-refractivity contribution in [1.29, 1.82) is 0 Å². The summed E-state index contributed by atoms with van der Waals surface area (Å²) >= 11 is 0. The Kier molecular flexibility index (Phi) is 7.75. The number of guanidine groups is 1. The van der Waals surface area contributed by atoms with Crippen molar-refractivity contribution >= 4 is 35.8 Å². The molecule has 0 aliphatic carbocycles. The molecule has 3 N–H and O–H groups in total. The van der Waals surface area contributed by atoms with Gasteiger partial charge in [-0.05, 0) is 19.1 Å². The normalized spacial score (nSPS) is 11.0. The van der Waals surface area contributed by atoms with Gasteiger partial charge in [-0.2, -0.15) is 5.10 Å². The van der Waals surface area contributed by atoms with Gasteiger partial charge >= 0.3 is 0 Å². The number of nitrogens with two attached hydrogens (primary N) is 1. The summed E-state index contributed by atoms with van der Waals surface area (Å²) in [7, 11) is 3.83. The average molecular weight is 446 g/mol. The molecule has 0 unspecified atom stereocenters. The molecule has 2 aromatic rings. The second kappa shape index (κ2) is 9.30. The highest BCUT2D eigenvalue weighted by Gasteiger charge is 2.10. The van der Waals surface area contributed by atoms with Gasteiger partial charge in [-0.3, -0.25) is 9.48 Å². The maximum Gasteiger partial charge on any atom is 0.284 e. The zero-order chi connectivity index (χ0) is 16.8. The summed E-state index contributed by atoms with van der Waals surface area (Å²) in [5.41, 5.74) is 6.26. The van der Waals surface area contributed by atoms with Crippen LogP contribution in [0.25, 0.3) is 0 Å². The Labute approximate surface area is 158 Å². The molecule has 0 radical (unpaired) electrons. The summed E-state index contributed by atoms with van der Waals surface area (Å²) in [5.74, 6) is 0.891. The number of furan rings is 1. The van der Waals surface area contributed by atoms with Gasteiger partial charge in [0.15, 0.2) is 11.7 Å². The molecule has 0 bridgehead atoms. The van der Waals surface area contributed by atoms with Gasteiger partial charge < -0.3 is 20.4 Å². The van der Waals surface area contributed by atoms with Gasteiger partial charge in [0.05, 0.1) is 6.20 Å². The Bertz CT molecular complexity index is 694. The lowest BCUT2D eigenvalue weighted by molar-refractivity contribution is 0.0972. The second-order valence-electron chi connectivity index (χ2n) is 5.18. The van der Waals surface area contributed by atoms with E-state index < -0.39 is 5.91 Å². The molecule has 0 atom stereocenters. The van der Waals surface area contributed by atoms with E-state index in [0.29, 0.717) is 18.8 Å². The fourth-order valence-electron chi connectivity index (χ4n) is 2.12. The number of aromatic nitrogens is 2. The molecule has 2 heterocycles. The predicted molar refractivity (Wildman–Crippen MR) is 102 cm³/mol. The number of hydrogen-bond donors (Lipinski definition) is 2. The molecule has 0 spiro atoms. The third-order valence-electron chi connectivity index (χ3n) is 3.16. The first kappa shape index (κ1) is 20.0. The summed E-state index contributed by atoms with van der Waals surface area (Å²) in [6.07, 6.45) is 3.79. The summed E-state index contributed by atoms with van der Waals surface area (Å²) in [4.78, 5) is 17.5. The largest absolute Gasteiger partial charge is 0.454 e. The second-order valence-corrected chi connectivity index (χ2v) is 5.18. The molecule has 0 saturated carbocycles. The van der Waals surface area contributed by atoms with Gasteiger partial charge in [0.1, 0.15) is 12.3 Å². The van der Waals surface area contributed by atoms with Crippen LogP contribution in [0.3, 0.4) is 0 Å². The van der Waals surface area contributed by atoms with Gasteiger partial charge in [-0.1, -0.05) is 0 Å². The summed E-state index contributed by atoms with van der Waals surface area (Å²) in [6.45, 7) is 3.77. The smallest absolute Gasteiger partial charge is 0.284 e.